The van der Waals surface area contributed by atoms with E-state index in [0.717, 1.165) is 12.8 Å². The molecular formula is C44H74N4O8S2. The van der Waals surface area contributed by atoms with Crippen molar-refractivity contribution in [1.82, 2.24) is 18.4 Å². The van der Waals surface area contributed by atoms with E-state index < -0.39 is 32.3 Å². The molecule has 58 heavy (non-hydrogen) atoms. The Labute approximate surface area is 351 Å². The first-order valence-corrected chi connectivity index (χ1v) is 24.7. The van der Waals surface area contributed by atoms with Gasteiger partial charge in [0.15, 0.2) is 0 Å². The summed E-state index contributed by atoms with van der Waals surface area (Å²) >= 11 is 0. The van der Waals surface area contributed by atoms with Crippen molar-refractivity contribution in [2.24, 2.45) is 0 Å². The van der Waals surface area contributed by atoms with Crippen LogP contribution in [0.15, 0.2) is 60.7 Å². The molecule has 12 nitrogen and oxygen atoms in total. The van der Waals surface area contributed by atoms with Gasteiger partial charge in [-0.3, -0.25) is 9.80 Å². The maximum atomic E-state index is 13.3. The van der Waals surface area contributed by atoms with Crippen LogP contribution in [0.25, 0.3) is 0 Å². The van der Waals surface area contributed by atoms with Crippen LogP contribution in [-0.2, 0) is 20.0 Å². The number of unbranched alkanes of at least 4 members (excludes halogenated alkanes) is 3. The molecule has 0 saturated carbocycles. The van der Waals surface area contributed by atoms with Gasteiger partial charge in [-0.2, -0.15) is 8.61 Å². The van der Waals surface area contributed by atoms with E-state index in [9.17, 15) is 27.0 Å². The van der Waals surface area contributed by atoms with Crippen LogP contribution in [0.4, 0.5) is 0 Å². The summed E-state index contributed by atoms with van der Waals surface area (Å²) in [6.07, 6.45) is 6.60. The van der Waals surface area contributed by atoms with Gasteiger partial charge in [0.05, 0.1) is 12.5 Å². The summed E-state index contributed by atoms with van der Waals surface area (Å²) < 4.78 is 68.1. The largest absolute Gasteiger partial charge is 0.491 e. The second-order valence-corrected chi connectivity index (χ2v) is 23.2. The Hall–Kier alpha value is -2.30. The number of piperidine rings is 2. The Balaban J connectivity index is 1.29. The lowest BCUT2D eigenvalue weighted by molar-refractivity contribution is -0.0795. The van der Waals surface area contributed by atoms with Gasteiger partial charge in [0.2, 0.25) is 20.0 Å². The first-order valence-electron chi connectivity index (χ1n) is 21.0. The molecule has 2 unspecified atom stereocenters. The van der Waals surface area contributed by atoms with Crippen LogP contribution in [0.3, 0.4) is 0 Å². The zero-order valence-corrected chi connectivity index (χ0v) is 38.6. The molecule has 2 aliphatic heterocycles. The van der Waals surface area contributed by atoms with Crippen LogP contribution in [0.2, 0.25) is 0 Å². The molecule has 4 rings (SSSR count). The van der Waals surface area contributed by atoms with Gasteiger partial charge < -0.3 is 19.7 Å². The van der Waals surface area contributed by atoms with Gasteiger partial charge in [0.1, 0.15) is 36.9 Å². The fraction of sp³-hybridized carbons (Fsp3) is 0.727. The van der Waals surface area contributed by atoms with Crippen LogP contribution in [0.1, 0.15) is 107 Å². The Bertz CT molecular complexity index is 1620. The number of aliphatic hydroxyl groups is 2. The van der Waals surface area contributed by atoms with Gasteiger partial charge in [-0.1, -0.05) is 49.2 Å². The molecule has 0 aliphatic carbocycles. The lowest BCUT2D eigenvalue weighted by Gasteiger charge is -2.57. The number of hydrogen-bond acceptors (Lipinski definition) is 10. The molecule has 2 N–H and O–H groups in total. The highest BCUT2D eigenvalue weighted by atomic mass is 32.2. The summed E-state index contributed by atoms with van der Waals surface area (Å²) in [7, 11) is -7.01. The second kappa shape index (κ2) is 19.6. The zero-order valence-electron chi connectivity index (χ0n) is 36.9. The van der Waals surface area contributed by atoms with Gasteiger partial charge >= 0.3 is 0 Å². The highest BCUT2D eigenvalue weighted by Gasteiger charge is 2.50. The minimum Gasteiger partial charge on any atom is -0.491 e. The molecule has 0 bridgehead atoms. The summed E-state index contributed by atoms with van der Waals surface area (Å²) in [4.78, 5) is 4.59. The molecule has 14 heteroatoms. The van der Waals surface area contributed by atoms with E-state index in [1.54, 1.807) is 8.61 Å². The standard InChI is InChI=1S/C44H74N4O8S2/c1-41(2)27-35(28-42(3,4)47(41)31-37(49)33-55-39-21-15-13-16-22-39)45(57(9,51)52)25-19-11-12-20-26-46(58(10,53)54)36-29-43(5,6)48(44(7,8)30-36)32-38(50)34-56-40-23-17-14-18-24-40/h13-18,21-24,35-38,49-50H,11-12,19-20,25-34H2,1-10H3. The average molecular weight is 851 g/mol. The molecule has 330 valence electrons. The van der Waals surface area contributed by atoms with Crippen molar-refractivity contribution in [3.8, 4) is 11.5 Å². The Kier molecular flexibility index (Phi) is 16.3. The number of β-amino-alcohol motifs (C(OH)–C–C–N with tert-alkyl or cyclic N) is 2. The summed E-state index contributed by atoms with van der Waals surface area (Å²) in [5.41, 5.74) is -1.52. The summed E-state index contributed by atoms with van der Waals surface area (Å²) in [5, 5.41) is 22.0. The number of rotatable bonds is 21. The second-order valence-electron chi connectivity index (χ2n) is 19.3. The molecule has 2 fully saturated rings. The number of nitrogens with zero attached hydrogens (tertiary/aromatic N) is 4. The van der Waals surface area contributed by atoms with Crippen LogP contribution in [0, 0.1) is 0 Å². The molecule has 0 radical (unpaired) electrons. The molecule has 2 aliphatic rings. The third-order valence-corrected chi connectivity index (χ3v) is 14.9. The minimum absolute atomic E-state index is 0.167. The highest BCUT2D eigenvalue weighted by molar-refractivity contribution is 7.88. The van der Waals surface area contributed by atoms with Gasteiger partial charge in [0, 0.05) is 60.4 Å². The highest BCUT2D eigenvalue weighted by Crippen LogP contribution is 2.42. The Morgan fingerprint density at radius 3 is 1.14 bits per heavy atom. The average Bonchev–Trinajstić information content (AvgIpc) is 3.10. The van der Waals surface area contributed by atoms with Crippen molar-refractivity contribution in [1.29, 1.82) is 0 Å². The van der Waals surface area contributed by atoms with Crippen LogP contribution >= 0.6 is 0 Å². The molecule has 2 aromatic carbocycles. The molecule has 0 aromatic heterocycles. The van der Waals surface area contributed by atoms with E-state index in [2.05, 4.69) is 65.2 Å². The van der Waals surface area contributed by atoms with Crippen molar-refractivity contribution in [3.63, 3.8) is 0 Å². The van der Waals surface area contributed by atoms with E-state index in [1.807, 2.05) is 60.7 Å². The summed E-state index contributed by atoms with van der Waals surface area (Å²) in [5.74, 6) is 1.42. The third kappa shape index (κ3) is 13.6. The first kappa shape index (κ1) is 48.4. The number of hydrogen-bond donors (Lipinski definition) is 2. The molecule has 2 aromatic rings. The summed E-state index contributed by atoms with van der Waals surface area (Å²) in [6, 6.07) is 18.5. The maximum Gasteiger partial charge on any atom is 0.211 e. The molecular weight excluding hydrogens is 777 g/mol. The Morgan fingerprint density at radius 1 is 0.569 bits per heavy atom. The number of sulfonamides is 2. The number of para-hydroxylation sites is 2. The number of aliphatic hydroxyl groups excluding tert-OH is 2. The third-order valence-electron chi connectivity index (χ3n) is 12.2. The van der Waals surface area contributed by atoms with E-state index in [0.29, 0.717) is 76.2 Å². The van der Waals surface area contributed by atoms with Crippen molar-refractivity contribution in [2.75, 3.05) is 51.9 Å². The van der Waals surface area contributed by atoms with Crippen LogP contribution in [-0.4, -0.2) is 144 Å². The molecule has 2 atom stereocenters. The predicted octanol–water partition coefficient (Wildman–Crippen LogP) is 5.99. The fourth-order valence-corrected chi connectivity index (χ4v) is 12.3. The molecule has 0 spiro atoms. The number of likely N-dealkylation sites (tertiary alicyclic amines) is 2. The van der Waals surface area contributed by atoms with Crippen molar-refractivity contribution < 1.29 is 36.5 Å². The van der Waals surface area contributed by atoms with Crippen molar-refractivity contribution in [3.05, 3.63) is 60.7 Å². The van der Waals surface area contributed by atoms with Gasteiger partial charge in [-0.25, -0.2) is 16.8 Å². The van der Waals surface area contributed by atoms with Crippen molar-refractivity contribution >= 4 is 20.0 Å². The lowest BCUT2D eigenvalue weighted by Crippen LogP contribution is -2.66. The quantitative estimate of drug-likeness (QED) is 0.144. The lowest BCUT2D eigenvalue weighted by atomic mass is 9.76. The summed E-state index contributed by atoms with van der Waals surface area (Å²) in [6.45, 7) is 18.9. The Morgan fingerprint density at radius 2 is 0.862 bits per heavy atom. The van der Waals surface area contributed by atoms with Gasteiger partial charge in [-0.15, -0.1) is 0 Å². The van der Waals surface area contributed by atoms with E-state index in [1.165, 1.54) is 12.5 Å². The van der Waals surface area contributed by atoms with E-state index >= 15 is 0 Å². The van der Waals surface area contributed by atoms with E-state index in [-0.39, 0.29) is 47.5 Å². The predicted molar refractivity (Wildman–Crippen MR) is 233 cm³/mol. The van der Waals surface area contributed by atoms with Crippen LogP contribution in [0.5, 0.6) is 11.5 Å². The van der Waals surface area contributed by atoms with Crippen LogP contribution < -0.4 is 9.47 Å². The smallest absolute Gasteiger partial charge is 0.211 e. The normalized spacial score (nSPS) is 21.6. The SMILES string of the molecule is CC1(C)CC(N(CCCCCCN(C2CC(C)(C)N(CC(O)COc3ccccc3)C(C)(C)C2)S(C)(=O)=O)S(C)(=O)=O)CC(C)(C)N1CC(O)COc1ccccc1. The monoisotopic (exact) mass is 850 g/mol. The zero-order chi connectivity index (χ0) is 43.2. The molecule has 2 heterocycles. The number of ether oxygens (including phenoxy) is 2. The maximum absolute atomic E-state index is 13.3. The minimum atomic E-state index is -3.50. The number of benzene rings is 2. The molecule has 0 amide bonds. The van der Waals surface area contributed by atoms with Gasteiger partial charge in [-0.05, 0) is 118 Å². The fourth-order valence-electron chi connectivity index (χ4n) is 10.00. The van der Waals surface area contributed by atoms with Gasteiger partial charge in [0.25, 0.3) is 0 Å². The first-order chi connectivity index (χ1) is 26.8. The van der Waals surface area contributed by atoms with E-state index in [4.69, 9.17) is 9.47 Å². The van der Waals surface area contributed by atoms with Crippen molar-refractivity contribution in [2.45, 2.75) is 153 Å². The molecule has 2 saturated heterocycles. The topological polar surface area (TPSA) is 140 Å².